The summed E-state index contributed by atoms with van der Waals surface area (Å²) in [6.07, 6.45) is 5.22. The van der Waals surface area contributed by atoms with Crippen molar-refractivity contribution in [3.05, 3.63) is 33.8 Å². The lowest BCUT2D eigenvalue weighted by molar-refractivity contribution is 0.0998. The summed E-state index contributed by atoms with van der Waals surface area (Å²) in [7, 11) is 2.04. The summed E-state index contributed by atoms with van der Waals surface area (Å²) >= 11 is 3.61. The molecule has 2 rings (SSSR count). The van der Waals surface area contributed by atoms with Crippen molar-refractivity contribution in [2.45, 2.75) is 44.8 Å². The van der Waals surface area contributed by atoms with E-state index in [1.807, 2.05) is 7.05 Å². The molecule has 0 aliphatic carbocycles. The molecular weight excluding hydrogens is 290 g/mol. The Labute approximate surface area is 118 Å². The third-order valence-electron chi connectivity index (χ3n) is 3.75. The number of nitrogens with one attached hydrogen (secondary N) is 1. The summed E-state index contributed by atoms with van der Waals surface area (Å²) in [4.78, 5) is 0. The Bertz CT molecular complexity index is 388. The molecule has 0 bridgehead atoms. The molecule has 1 aromatic carbocycles. The van der Waals surface area contributed by atoms with Crippen LogP contribution in [0.2, 0.25) is 0 Å². The van der Waals surface area contributed by atoms with Crippen molar-refractivity contribution in [3.8, 4) is 0 Å². The minimum Gasteiger partial charge on any atom is -0.378 e. The predicted molar refractivity (Wildman–Crippen MR) is 78.9 cm³/mol. The van der Waals surface area contributed by atoms with Crippen LogP contribution >= 0.6 is 15.9 Å². The first kappa shape index (κ1) is 14.0. The standard InChI is InChI=1S/C15H22BrNO/c1-11-5-6-12(10-14(11)16)15(17-2)8-7-13-4-3-9-18-13/h5-6,10,13,15,17H,3-4,7-9H2,1-2H3. The fraction of sp³-hybridized carbons (Fsp3) is 0.600. The molecule has 1 aliphatic rings. The maximum absolute atomic E-state index is 5.69. The van der Waals surface area contributed by atoms with E-state index in [2.05, 4.69) is 46.4 Å². The molecule has 0 amide bonds. The SMILES string of the molecule is CNC(CCC1CCCO1)c1ccc(C)c(Br)c1. The quantitative estimate of drug-likeness (QED) is 0.888. The lowest BCUT2D eigenvalue weighted by atomic mass is 9.98. The van der Waals surface area contributed by atoms with Gasteiger partial charge in [0.15, 0.2) is 0 Å². The van der Waals surface area contributed by atoms with Gasteiger partial charge in [-0.3, -0.25) is 0 Å². The van der Waals surface area contributed by atoms with Gasteiger partial charge in [-0.05, 0) is 56.8 Å². The van der Waals surface area contributed by atoms with Crippen LogP contribution in [-0.4, -0.2) is 19.8 Å². The van der Waals surface area contributed by atoms with Crippen LogP contribution in [0, 0.1) is 6.92 Å². The number of hydrogen-bond donors (Lipinski definition) is 1. The summed E-state index contributed by atoms with van der Waals surface area (Å²) in [5.74, 6) is 0. The highest BCUT2D eigenvalue weighted by atomic mass is 79.9. The van der Waals surface area contributed by atoms with E-state index < -0.39 is 0 Å². The van der Waals surface area contributed by atoms with Crippen LogP contribution in [0.3, 0.4) is 0 Å². The van der Waals surface area contributed by atoms with Crippen molar-refractivity contribution < 1.29 is 4.74 Å². The van der Waals surface area contributed by atoms with Gasteiger partial charge in [-0.2, -0.15) is 0 Å². The maximum Gasteiger partial charge on any atom is 0.0576 e. The normalized spacial score (nSPS) is 21.2. The zero-order valence-electron chi connectivity index (χ0n) is 11.2. The van der Waals surface area contributed by atoms with Crippen LogP contribution in [0.15, 0.2) is 22.7 Å². The second kappa shape index (κ2) is 6.69. The van der Waals surface area contributed by atoms with Crippen LogP contribution in [-0.2, 0) is 4.74 Å². The van der Waals surface area contributed by atoms with Crippen molar-refractivity contribution in [1.29, 1.82) is 0 Å². The molecule has 0 aromatic heterocycles. The molecule has 0 saturated carbocycles. The van der Waals surface area contributed by atoms with Crippen molar-refractivity contribution in [2.75, 3.05) is 13.7 Å². The second-order valence-corrected chi connectivity index (χ2v) is 5.92. The Morgan fingerprint density at radius 2 is 2.33 bits per heavy atom. The van der Waals surface area contributed by atoms with E-state index in [9.17, 15) is 0 Å². The van der Waals surface area contributed by atoms with E-state index in [0.29, 0.717) is 12.1 Å². The number of halogens is 1. The van der Waals surface area contributed by atoms with Gasteiger partial charge in [0.05, 0.1) is 6.10 Å². The van der Waals surface area contributed by atoms with E-state index in [1.165, 1.54) is 28.4 Å². The van der Waals surface area contributed by atoms with E-state index >= 15 is 0 Å². The molecule has 2 unspecified atom stereocenters. The fourth-order valence-electron chi connectivity index (χ4n) is 2.53. The minimum absolute atomic E-state index is 0.422. The molecule has 1 aromatic rings. The third kappa shape index (κ3) is 3.56. The molecule has 2 atom stereocenters. The first-order valence-corrected chi connectivity index (χ1v) is 7.55. The molecule has 1 heterocycles. The van der Waals surface area contributed by atoms with Crippen LogP contribution in [0.25, 0.3) is 0 Å². The van der Waals surface area contributed by atoms with E-state index in [1.54, 1.807) is 0 Å². The molecule has 2 nitrogen and oxygen atoms in total. The van der Waals surface area contributed by atoms with Gasteiger partial charge in [0, 0.05) is 17.1 Å². The summed E-state index contributed by atoms with van der Waals surface area (Å²) in [6, 6.07) is 7.05. The Kier molecular flexibility index (Phi) is 5.22. The zero-order chi connectivity index (χ0) is 13.0. The average Bonchev–Trinajstić information content (AvgIpc) is 2.87. The maximum atomic E-state index is 5.69. The molecule has 100 valence electrons. The van der Waals surface area contributed by atoms with E-state index in [0.717, 1.165) is 19.4 Å². The minimum atomic E-state index is 0.422. The summed E-state index contributed by atoms with van der Waals surface area (Å²) in [5, 5.41) is 3.41. The van der Waals surface area contributed by atoms with Gasteiger partial charge < -0.3 is 10.1 Å². The Hall–Kier alpha value is -0.380. The third-order valence-corrected chi connectivity index (χ3v) is 4.60. The number of hydrogen-bond acceptors (Lipinski definition) is 2. The molecule has 1 fully saturated rings. The number of ether oxygens (including phenoxy) is 1. The molecule has 0 radical (unpaired) electrons. The van der Waals surface area contributed by atoms with Gasteiger partial charge in [0.2, 0.25) is 0 Å². The van der Waals surface area contributed by atoms with E-state index in [4.69, 9.17) is 4.74 Å². The average molecular weight is 312 g/mol. The van der Waals surface area contributed by atoms with Crippen molar-refractivity contribution in [1.82, 2.24) is 5.32 Å². The number of benzene rings is 1. The van der Waals surface area contributed by atoms with Gasteiger partial charge >= 0.3 is 0 Å². The van der Waals surface area contributed by atoms with Gasteiger partial charge in [-0.25, -0.2) is 0 Å². The molecule has 1 aliphatic heterocycles. The fourth-order valence-corrected chi connectivity index (χ4v) is 2.92. The number of aryl methyl sites for hydroxylation is 1. The highest BCUT2D eigenvalue weighted by Crippen LogP contribution is 2.26. The van der Waals surface area contributed by atoms with Crippen molar-refractivity contribution >= 4 is 15.9 Å². The van der Waals surface area contributed by atoms with Gasteiger partial charge in [0.1, 0.15) is 0 Å². The van der Waals surface area contributed by atoms with Crippen LogP contribution < -0.4 is 5.32 Å². The van der Waals surface area contributed by atoms with Crippen molar-refractivity contribution in [2.24, 2.45) is 0 Å². The topological polar surface area (TPSA) is 21.3 Å². The zero-order valence-corrected chi connectivity index (χ0v) is 12.8. The smallest absolute Gasteiger partial charge is 0.0576 e. The first-order chi connectivity index (χ1) is 8.70. The van der Waals surface area contributed by atoms with E-state index in [-0.39, 0.29) is 0 Å². The Morgan fingerprint density at radius 3 is 2.94 bits per heavy atom. The molecule has 1 saturated heterocycles. The molecule has 18 heavy (non-hydrogen) atoms. The lowest BCUT2D eigenvalue weighted by Gasteiger charge is -2.19. The highest BCUT2D eigenvalue weighted by Gasteiger charge is 2.18. The Balaban J connectivity index is 1.96. The highest BCUT2D eigenvalue weighted by molar-refractivity contribution is 9.10. The van der Waals surface area contributed by atoms with Gasteiger partial charge in [0.25, 0.3) is 0 Å². The van der Waals surface area contributed by atoms with Crippen LogP contribution in [0.5, 0.6) is 0 Å². The summed E-state index contributed by atoms with van der Waals surface area (Å²) < 4.78 is 6.88. The van der Waals surface area contributed by atoms with Gasteiger partial charge in [-0.1, -0.05) is 28.1 Å². The van der Waals surface area contributed by atoms with Crippen LogP contribution in [0.1, 0.15) is 42.9 Å². The van der Waals surface area contributed by atoms with Crippen LogP contribution in [0.4, 0.5) is 0 Å². The largest absolute Gasteiger partial charge is 0.378 e. The predicted octanol–water partition coefficient (Wildman–Crippen LogP) is 3.98. The monoisotopic (exact) mass is 311 g/mol. The van der Waals surface area contributed by atoms with Crippen molar-refractivity contribution in [3.63, 3.8) is 0 Å². The number of rotatable bonds is 5. The molecule has 1 N–H and O–H groups in total. The molecule has 0 spiro atoms. The second-order valence-electron chi connectivity index (χ2n) is 5.06. The molecule has 3 heteroatoms. The Morgan fingerprint density at radius 1 is 1.50 bits per heavy atom. The van der Waals surface area contributed by atoms with Gasteiger partial charge in [-0.15, -0.1) is 0 Å². The molecular formula is C15H22BrNO. The summed E-state index contributed by atoms with van der Waals surface area (Å²) in [5.41, 5.74) is 2.64. The summed E-state index contributed by atoms with van der Waals surface area (Å²) in [6.45, 7) is 3.07. The lowest BCUT2D eigenvalue weighted by Crippen LogP contribution is -2.18. The first-order valence-electron chi connectivity index (χ1n) is 6.75.